The van der Waals surface area contributed by atoms with Crippen molar-refractivity contribution >= 4 is 6.09 Å². The summed E-state index contributed by atoms with van der Waals surface area (Å²) in [6.45, 7) is 6.04. The van der Waals surface area contributed by atoms with Gasteiger partial charge in [0.15, 0.2) is 6.29 Å². The zero-order chi connectivity index (χ0) is 16.0. The smallest absolute Gasteiger partial charge is 0.410 e. The van der Waals surface area contributed by atoms with Crippen molar-refractivity contribution in [2.75, 3.05) is 21.3 Å². The van der Waals surface area contributed by atoms with Crippen molar-refractivity contribution in [3.05, 3.63) is 35.4 Å². The van der Waals surface area contributed by atoms with Crippen LogP contribution >= 0.6 is 0 Å². The first-order valence-corrected chi connectivity index (χ1v) is 6.85. The number of carbonyl (C=O) groups excluding carboxylic acids is 1. The van der Waals surface area contributed by atoms with E-state index in [0.29, 0.717) is 6.54 Å². The molecule has 0 N–H and O–H groups in total. The molecule has 0 saturated carbocycles. The van der Waals surface area contributed by atoms with Crippen molar-refractivity contribution in [1.29, 1.82) is 0 Å². The van der Waals surface area contributed by atoms with Crippen molar-refractivity contribution in [1.82, 2.24) is 4.90 Å². The highest BCUT2D eigenvalue weighted by Crippen LogP contribution is 2.18. The van der Waals surface area contributed by atoms with Gasteiger partial charge in [0.05, 0.1) is 0 Å². The van der Waals surface area contributed by atoms with Crippen LogP contribution in [0.5, 0.6) is 0 Å². The van der Waals surface area contributed by atoms with Gasteiger partial charge in [-0.15, -0.1) is 0 Å². The molecule has 0 atom stereocenters. The van der Waals surface area contributed by atoms with Gasteiger partial charge in [-0.1, -0.05) is 24.3 Å². The Balaban J connectivity index is 2.65. The Morgan fingerprint density at radius 2 is 1.67 bits per heavy atom. The van der Waals surface area contributed by atoms with E-state index < -0.39 is 5.60 Å². The molecule has 1 aromatic carbocycles. The fourth-order valence-corrected chi connectivity index (χ4v) is 1.83. The normalized spacial score (nSPS) is 11.6. The molecular weight excluding hydrogens is 270 g/mol. The van der Waals surface area contributed by atoms with E-state index >= 15 is 0 Å². The Kier molecular flexibility index (Phi) is 6.18. The molecule has 5 heteroatoms. The third kappa shape index (κ3) is 5.73. The maximum Gasteiger partial charge on any atom is 0.410 e. The summed E-state index contributed by atoms with van der Waals surface area (Å²) in [5.74, 6) is 0. The molecule has 0 heterocycles. The lowest BCUT2D eigenvalue weighted by molar-refractivity contribution is -0.106. The summed E-state index contributed by atoms with van der Waals surface area (Å²) in [5, 5.41) is 0. The molecular formula is C16H25NO4. The van der Waals surface area contributed by atoms with E-state index in [-0.39, 0.29) is 12.4 Å². The summed E-state index contributed by atoms with van der Waals surface area (Å²) in [4.78, 5) is 13.4. The first-order valence-electron chi connectivity index (χ1n) is 6.85. The number of carbonyl (C=O) groups is 1. The molecule has 1 rings (SSSR count). The lowest BCUT2D eigenvalue weighted by Crippen LogP contribution is -2.33. The van der Waals surface area contributed by atoms with E-state index in [2.05, 4.69) is 0 Å². The SMILES string of the molecule is COC(OC)c1ccc(CN(C)C(=O)OC(C)(C)C)cc1. The Hall–Kier alpha value is -1.59. The van der Waals surface area contributed by atoms with Gasteiger partial charge < -0.3 is 19.1 Å². The molecule has 0 bridgehead atoms. The van der Waals surface area contributed by atoms with Crippen LogP contribution in [0.3, 0.4) is 0 Å². The maximum atomic E-state index is 11.9. The largest absolute Gasteiger partial charge is 0.444 e. The van der Waals surface area contributed by atoms with E-state index in [0.717, 1.165) is 11.1 Å². The summed E-state index contributed by atoms with van der Waals surface area (Å²) in [5.41, 5.74) is 1.46. The highest BCUT2D eigenvalue weighted by molar-refractivity contribution is 5.67. The topological polar surface area (TPSA) is 48.0 Å². The fourth-order valence-electron chi connectivity index (χ4n) is 1.83. The van der Waals surface area contributed by atoms with E-state index in [1.54, 1.807) is 26.2 Å². The molecule has 0 unspecified atom stereocenters. The molecule has 1 aromatic rings. The van der Waals surface area contributed by atoms with Crippen molar-refractivity contribution in [3.63, 3.8) is 0 Å². The van der Waals surface area contributed by atoms with E-state index in [9.17, 15) is 4.79 Å². The van der Waals surface area contributed by atoms with Crippen LogP contribution < -0.4 is 0 Å². The molecule has 0 saturated heterocycles. The van der Waals surface area contributed by atoms with Crippen LogP contribution in [0.4, 0.5) is 4.79 Å². The van der Waals surface area contributed by atoms with Crippen molar-refractivity contribution in [3.8, 4) is 0 Å². The summed E-state index contributed by atoms with van der Waals surface area (Å²) < 4.78 is 15.7. The van der Waals surface area contributed by atoms with E-state index in [1.807, 2.05) is 45.0 Å². The Labute approximate surface area is 126 Å². The van der Waals surface area contributed by atoms with Gasteiger partial charge in [-0.25, -0.2) is 4.79 Å². The number of hydrogen-bond donors (Lipinski definition) is 0. The summed E-state index contributed by atoms with van der Waals surface area (Å²) in [7, 11) is 4.91. The highest BCUT2D eigenvalue weighted by Gasteiger charge is 2.19. The number of ether oxygens (including phenoxy) is 3. The van der Waals surface area contributed by atoms with Crippen molar-refractivity contribution in [2.45, 2.75) is 39.2 Å². The van der Waals surface area contributed by atoms with E-state index in [1.165, 1.54) is 0 Å². The minimum Gasteiger partial charge on any atom is -0.444 e. The van der Waals surface area contributed by atoms with Gasteiger partial charge in [0.2, 0.25) is 0 Å². The quantitative estimate of drug-likeness (QED) is 0.782. The molecule has 118 valence electrons. The summed E-state index contributed by atoms with van der Waals surface area (Å²) >= 11 is 0. The molecule has 0 spiro atoms. The van der Waals surface area contributed by atoms with Gasteiger partial charge in [-0.05, 0) is 26.3 Å². The number of benzene rings is 1. The molecule has 0 aromatic heterocycles. The van der Waals surface area contributed by atoms with Crippen LogP contribution in [0.1, 0.15) is 38.2 Å². The van der Waals surface area contributed by atoms with Gasteiger partial charge in [-0.2, -0.15) is 0 Å². The van der Waals surface area contributed by atoms with Crippen LogP contribution in [0.2, 0.25) is 0 Å². The van der Waals surface area contributed by atoms with Gasteiger partial charge in [-0.3, -0.25) is 0 Å². The van der Waals surface area contributed by atoms with Crippen molar-refractivity contribution in [2.24, 2.45) is 0 Å². The van der Waals surface area contributed by atoms with Gasteiger partial charge in [0.25, 0.3) is 0 Å². The average Bonchev–Trinajstić information content (AvgIpc) is 2.40. The third-order valence-electron chi connectivity index (χ3n) is 2.80. The maximum absolute atomic E-state index is 11.9. The van der Waals surface area contributed by atoms with Crippen LogP contribution in [0.25, 0.3) is 0 Å². The van der Waals surface area contributed by atoms with Crippen LogP contribution in [-0.4, -0.2) is 37.9 Å². The predicted octanol–water partition coefficient (Wildman–Crippen LogP) is 3.34. The zero-order valence-electron chi connectivity index (χ0n) is 13.7. The Morgan fingerprint density at radius 1 is 1.14 bits per heavy atom. The summed E-state index contributed by atoms with van der Waals surface area (Å²) in [6, 6.07) is 7.74. The lowest BCUT2D eigenvalue weighted by Gasteiger charge is -2.24. The van der Waals surface area contributed by atoms with Crippen LogP contribution in [-0.2, 0) is 20.8 Å². The minimum absolute atomic E-state index is 0.335. The van der Waals surface area contributed by atoms with E-state index in [4.69, 9.17) is 14.2 Å². The molecule has 1 amide bonds. The second kappa shape index (κ2) is 7.43. The number of amides is 1. The van der Waals surface area contributed by atoms with Gasteiger partial charge in [0.1, 0.15) is 5.60 Å². The number of rotatable bonds is 5. The molecule has 0 aliphatic rings. The molecule has 0 fully saturated rings. The predicted molar refractivity (Wildman–Crippen MR) is 80.9 cm³/mol. The van der Waals surface area contributed by atoms with Gasteiger partial charge in [0, 0.05) is 33.4 Å². The molecule has 0 aliphatic heterocycles. The zero-order valence-corrected chi connectivity index (χ0v) is 13.7. The number of methoxy groups -OCH3 is 2. The first kappa shape index (κ1) is 17.5. The first-order chi connectivity index (χ1) is 9.76. The average molecular weight is 295 g/mol. The lowest BCUT2D eigenvalue weighted by atomic mass is 10.1. The fraction of sp³-hybridized carbons (Fsp3) is 0.562. The Morgan fingerprint density at radius 3 is 2.10 bits per heavy atom. The number of nitrogens with zero attached hydrogens (tertiary/aromatic N) is 1. The minimum atomic E-state index is -0.487. The molecule has 5 nitrogen and oxygen atoms in total. The second-order valence-electron chi connectivity index (χ2n) is 5.88. The standard InChI is InChI=1S/C16H25NO4/c1-16(2,3)21-15(18)17(4)11-12-7-9-13(10-8-12)14(19-5)20-6/h7-10,14H,11H2,1-6H3. The monoisotopic (exact) mass is 295 g/mol. The van der Waals surface area contributed by atoms with Gasteiger partial charge >= 0.3 is 6.09 Å². The summed E-state index contributed by atoms with van der Waals surface area (Å²) in [6.07, 6.45) is -0.708. The second-order valence-corrected chi connectivity index (χ2v) is 5.88. The molecule has 0 radical (unpaired) electrons. The third-order valence-corrected chi connectivity index (χ3v) is 2.80. The van der Waals surface area contributed by atoms with Crippen molar-refractivity contribution < 1.29 is 19.0 Å². The van der Waals surface area contributed by atoms with Crippen LogP contribution in [0.15, 0.2) is 24.3 Å². The molecule has 0 aliphatic carbocycles. The Bertz CT molecular complexity index is 446. The van der Waals surface area contributed by atoms with Crippen LogP contribution in [0, 0.1) is 0 Å². The number of hydrogen-bond acceptors (Lipinski definition) is 4. The highest BCUT2D eigenvalue weighted by atomic mass is 16.7. The molecule has 21 heavy (non-hydrogen) atoms.